The lowest BCUT2D eigenvalue weighted by molar-refractivity contribution is 0.0921. The summed E-state index contributed by atoms with van der Waals surface area (Å²) in [4.78, 5) is 22.6. The van der Waals surface area contributed by atoms with E-state index in [9.17, 15) is 13.6 Å². The summed E-state index contributed by atoms with van der Waals surface area (Å²) >= 11 is 1.14. The zero-order valence-electron chi connectivity index (χ0n) is 19.9. The largest absolute Gasteiger partial charge is 0.347 e. The minimum Gasteiger partial charge on any atom is -0.347 e. The van der Waals surface area contributed by atoms with Crippen molar-refractivity contribution in [3.63, 3.8) is 0 Å². The number of nitrogens with one attached hydrogen (secondary N) is 1. The number of carbonyl (C=O) groups excluding carboxylic acids is 1. The van der Waals surface area contributed by atoms with E-state index in [1.807, 2.05) is 35.0 Å². The molecule has 1 amide bonds. The van der Waals surface area contributed by atoms with E-state index in [1.54, 1.807) is 20.0 Å². The first-order chi connectivity index (χ1) is 17.4. The maximum Gasteiger partial charge on any atom is 0.281 e. The Bertz CT molecular complexity index is 1410. The van der Waals surface area contributed by atoms with Crippen LogP contribution in [-0.4, -0.2) is 41.5 Å². The number of benzene rings is 1. The van der Waals surface area contributed by atoms with E-state index < -0.39 is 6.43 Å². The normalized spacial score (nSPS) is 16.1. The maximum absolute atomic E-state index is 13.7. The van der Waals surface area contributed by atoms with E-state index in [4.69, 9.17) is 0 Å². The summed E-state index contributed by atoms with van der Waals surface area (Å²) in [7, 11) is 1.65. The zero-order chi connectivity index (χ0) is 25.4. The van der Waals surface area contributed by atoms with Gasteiger partial charge in [0.25, 0.3) is 12.3 Å². The Kier molecular flexibility index (Phi) is 6.48. The number of nitrogens with zero attached hydrogens (tertiary/aromatic N) is 6. The van der Waals surface area contributed by atoms with Gasteiger partial charge in [-0.2, -0.15) is 10.2 Å². The van der Waals surface area contributed by atoms with E-state index >= 15 is 0 Å². The number of hydrogen-bond acceptors (Lipinski definition) is 6. The molecule has 2 unspecified atom stereocenters. The molecule has 0 saturated carbocycles. The fourth-order valence-corrected chi connectivity index (χ4v) is 5.44. The molecule has 3 aromatic heterocycles. The lowest BCUT2D eigenvalue weighted by atomic mass is 10.1. The summed E-state index contributed by atoms with van der Waals surface area (Å²) in [6.45, 7) is 6.13. The summed E-state index contributed by atoms with van der Waals surface area (Å²) in [6, 6.07) is 9.60. The van der Waals surface area contributed by atoms with E-state index in [2.05, 4.69) is 32.1 Å². The Morgan fingerprint density at radius 2 is 2.06 bits per heavy atom. The molecule has 8 nitrogen and oxygen atoms in total. The number of fused-ring (bicyclic) bond motifs is 1. The number of aromatic nitrogens is 6. The minimum atomic E-state index is -2.72. The lowest BCUT2D eigenvalue weighted by Crippen LogP contribution is -2.41. The quantitative estimate of drug-likeness (QED) is 0.362. The molecule has 1 aliphatic heterocycles. The number of alkyl halides is 2. The van der Waals surface area contributed by atoms with Crippen LogP contribution in [0.4, 0.5) is 8.78 Å². The van der Waals surface area contributed by atoms with Gasteiger partial charge in [-0.15, -0.1) is 17.9 Å². The third kappa shape index (κ3) is 4.46. The molecule has 4 heterocycles. The second kappa shape index (κ2) is 9.73. The molecular formula is C25H25F2N7OS. The summed E-state index contributed by atoms with van der Waals surface area (Å²) in [6.07, 6.45) is 1.60. The van der Waals surface area contributed by atoms with Crippen molar-refractivity contribution >= 4 is 17.2 Å². The molecule has 36 heavy (non-hydrogen) atoms. The summed E-state index contributed by atoms with van der Waals surface area (Å²) in [5.41, 5.74) is 1.36. The predicted octanol–water partition coefficient (Wildman–Crippen LogP) is 4.77. The van der Waals surface area contributed by atoms with Crippen molar-refractivity contribution in [3.8, 4) is 22.0 Å². The number of allylic oxidation sites excluding steroid dienone is 1. The van der Waals surface area contributed by atoms with Gasteiger partial charge in [0.2, 0.25) is 0 Å². The number of carbonyl (C=O) groups is 1. The number of halogens is 2. The number of rotatable bonds is 7. The molecule has 186 valence electrons. The monoisotopic (exact) mass is 509 g/mol. The van der Waals surface area contributed by atoms with Gasteiger partial charge in [0, 0.05) is 42.4 Å². The second-order valence-corrected chi connectivity index (χ2v) is 9.76. The molecule has 1 N–H and O–H groups in total. The Labute approximate surface area is 210 Å². The van der Waals surface area contributed by atoms with E-state index in [0.717, 1.165) is 22.7 Å². The minimum absolute atomic E-state index is 0.148. The molecule has 11 heteroatoms. The van der Waals surface area contributed by atoms with Crippen LogP contribution in [0.3, 0.4) is 0 Å². The number of thiazole rings is 1. The molecule has 5 rings (SSSR count). The van der Waals surface area contributed by atoms with Gasteiger partial charge in [-0.05, 0) is 6.42 Å². The van der Waals surface area contributed by atoms with Crippen LogP contribution < -0.4 is 5.32 Å². The van der Waals surface area contributed by atoms with Crippen LogP contribution in [0.15, 0.2) is 49.2 Å². The molecule has 0 saturated heterocycles. The topological polar surface area (TPSA) is 90.5 Å². The fraction of sp³-hybridized carbons (Fsp3) is 0.320. The highest BCUT2D eigenvalue weighted by Gasteiger charge is 2.29. The van der Waals surface area contributed by atoms with Crippen molar-refractivity contribution in [1.82, 2.24) is 34.8 Å². The van der Waals surface area contributed by atoms with Crippen molar-refractivity contribution in [2.45, 2.75) is 44.7 Å². The highest BCUT2D eigenvalue weighted by atomic mass is 32.1. The molecule has 4 aromatic rings. The van der Waals surface area contributed by atoms with Crippen molar-refractivity contribution in [2.24, 2.45) is 7.05 Å². The van der Waals surface area contributed by atoms with Gasteiger partial charge in [0.1, 0.15) is 22.2 Å². The Morgan fingerprint density at radius 3 is 2.78 bits per heavy atom. The number of amides is 1. The van der Waals surface area contributed by atoms with Crippen LogP contribution in [0, 0.1) is 0 Å². The summed E-state index contributed by atoms with van der Waals surface area (Å²) in [5.74, 6) is 0.850. The van der Waals surface area contributed by atoms with Crippen molar-refractivity contribution in [3.05, 3.63) is 71.3 Å². The smallest absolute Gasteiger partial charge is 0.281 e. The Balaban J connectivity index is 1.37. The van der Waals surface area contributed by atoms with Gasteiger partial charge < -0.3 is 5.32 Å². The molecule has 2 atom stereocenters. The van der Waals surface area contributed by atoms with Gasteiger partial charge in [0.15, 0.2) is 5.82 Å². The van der Waals surface area contributed by atoms with Crippen molar-refractivity contribution < 1.29 is 13.6 Å². The third-order valence-corrected chi connectivity index (χ3v) is 7.58. The van der Waals surface area contributed by atoms with E-state index in [1.165, 1.54) is 10.9 Å². The van der Waals surface area contributed by atoms with Gasteiger partial charge in [-0.3, -0.25) is 9.48 Å². The van der Waals surface area contributed by atoms with Crippen molar-refractivity contribution in [2.75, 3.05) is 0 Å². The van der Waals surface area contributed by atoms with Crippen LogP contribution in [0.2, 0.25) is 0 Å². The standard InChI is InChI=1S/C25H25F2N7OS/c1-4-14(2)21-19(22(26)27)31-25(36-21)17-13-28-33(3)20(17)24(35)29-16-10-11-34-18(12-16)30-23(32-34)15-8-6-5-7-9-15/h4-9,13-14,16,22H,1,10-12H2,2-3H3,(H,29,35). The zero-order valence-corrected chi connectivity index (χ0v) is 20.7. The third-order valence-electron chi connectivity index (χ3n) is 6.27. The molecule has 0 fully saturated rings. The van der Waals surface area contributed by atoms with Gasteiger partial charge >= 0.3 is 0 Å². The average molecular weight is 510 g/mol. The van der Waals surface area contributed by atoms with Crippen LogP contribution in [0.5, 0.6) is 0 Å². The average Bonchev–Trinajstić information content (AvgIpc) is 3.60. The van der Waals surface area contributed by atoms with Crippen molar-refractivity contribution in [1.29, 1.82) is 0 Å². The Hall–Kier alpha value is -3.73. The SMILES string of the molecule is C=CC(C)c1sc(-c2cnn(C)c2C(=O)NC2CCn3nc(-c4ccccc4)nc3C2)nc1C(F)F. The molecule has 0 radical (unpaired) electrons. The molecular weight excluding hydrogens is 484 g/mol. The fourth-order valence-electron chi connectivity index (χ4n) is 4.30. The highest BCUT2D eigenvalue weighted by Crippen LogP contribution is 2.38. The summed E-state index contributed by atoms with van der Waals surface area (Å²) in [5, 5.41) is 12.2. The summed E-state index contributed by atoms with van der Waals surface area (Å²) < 4.78 is 30.6. The highest BCUT2D eigenvalue weighted by molar-refractivity contribution is 7.15. The van der Waals surface area contributed by atoms with Gasteiger partial charge in [0.05, 0.1) is 11.8 Å². The van der Waals surface area contributed by atoms with Crippen LogP contribution in [-0.2, 0) is 20.0 Å². The first-order valence-electron chi connectivity index (χ1n) is 11.6. The first kappa shape index (κ1) is 24.0. The van der Waals surface area contributed by atoms with Crippen LogP contribution in [0.1, 0.15) is 52.6 Å². The van der Waals surface area contributed by atoms with Crippen LogP contribution >= 0.6 is 11.3 Å². The molecule has 0 spiro atoms. The molecule has 0 aliphatic carbocycles. The lowest BCUT2D eigenvalue weighted by Gasteiger charge is -2.23. The van der Waals surface area contributed by atoms with Gasteiger partial charge in [-0.1, -0.05) is 43.3 Å². The first-order valence-corrected chi connectivity index (χ1v) is 12.4. The number of aryl methyl sites for hydroxylation is 2. The second-order valence-electron chi connectivity index (χ2n) is 8.73. The Morgan fingerprint density at radius 1 is 1.28 bits per heavy atom. The predicted molar refractivity (Wildman–Crippen MR) is 133 cm³/mol. The van der Waals surface area contributed by atoms with E-state index in [0.29, 0.717) is 40.7 Å². The number of hydrogen-bond donors (Lipinski definition) is 1. The van der Waals surface area contributed by atoms with Gasteiger partial charge in [-0.25, -0.2) is 23.4 Å². The molecule has 1 aliphatic rings. The maximum atomic E-state index is 13.7. The van der Waals surface area contributed by atoms with Crippen LogP contribution in [0.25, 0.3) is 22.0 Å². The van der Waals surface area contributed by atoms with E-state index in [-0.39, 0.29) is 29.3 Å². The molecule has 1 aromatic carbocycles. The molecule has 0 bridgehead atoms.